The fourth-order valence-corrected chi connectivity index (χ4v) is 14.4. The van der Waals surface area contributed by atoms with Gasteiger partial charge < -0.3 is 53.6 Å². The van der Waals surface area contributed by atoms with E-state index in [1.807, 2.05) is 69.3 Å². The second-order valence-electron chi connectivity index (χ2n) is 22.6. The number of benzene rings is 5. The summed E-state index contributed by atoms with van der Waals surface area (Å²) in [7, 11) is 8.46. The highest BCUT2D eigenvalue weighted by Gasteiger charge is 2.39. The minimum Gasteiger partial charge on any atom is -0.493 e. The fourth-order valence-electron chi connectivity index (χ4n) is 11.8. The number of para-hydroxylation sites is 2. The number of aliphatic imine (C=N–C) groups is 1. The molecule has 4 heterocycles. The molecule has 0 saturated heterocycles. The number of hydrogen-bond acceptors (Lipinski definition) is 15. The van der Waals surface area contributed by atoms with Gasteiger partial charge in [-0.15, -0.1) is 0 Å². The van der Waals surface area contributed by atoms with Crippen LogP contribution in [0.2, 0.25) is 0 Å². The van der Waals surface area contributed by atoms with Crippen LogP contribution in [0.1, 0.15) is 108 Å². The first-order valence-electron chi connectivity index (χ1n) is 29.4. The molecule has 1 saturated carbocycles. The summed E-state index contributed by atoms with van der Waals surface area (Å²) in [5.41, 5.74) is 8.95. The van der Waals surface area contributed by atoms with Crippen molar-refractivity contribution in [2.45, 2.75) is 108 Å². The molecule has 16 nitrogen and oxygen atoms in total. The molecule has 1 fully saturated rings. The van der Waals surface area contributed by atoms with Crippen LogP contribution in [-0.2, 0) is 45.1 Å². The fraction of sp³-hybridized carbons (Fsp3) is 0.477. The lowest BCUT2D eigenvalue weighted by Crippen LogP contribution is -2.39. The van der Waals surface area contributed by atoms with Crippen LogP contribution in [0.3, 0.4) is 0 Å². The average molecular weight is 1170 g/mol. The van der Waals surface area contributed by atoms with E-state index in [9.17, 15) is 14.4 Å². The Kier molecular flexibility index (Phi) is 20.4. The maximum Gasteiger partial charge on any atom is 0.261 e. The maximum absolute atomic E-state index is 14.3. The topological polar surface area (TPSA) is 162 Å². The van der Waals surface area contributed by atoms with E-state index in [1.54, 1.807) is 50.3 Å². The SMILES string of the molecule is COCCOCCOCCN(CC(C)(C)SSCCCC(=O)NCC1CCCCCC1)c1cc(COc2cc3c(cc2OC)C(=O)N2c4ccccc4C[C@H]2C=N3)cc(COc2cc3c(cc2OC)C(=O)N2c4ccccc4C[C@H]2CN3)c1. The first-order chi connectivity index (χ1) is 40.5. The number of nitrogens with zero attached hydrogens (tertiary/aromatic N) is 4. The van der Waals surface area contributed by atoms with Crippen molar-refractivity contribution >= 4 is 74.0 Å². The Morgan fingerprint density at radius 1 is 0.735 bits per heavy atom. The highest BCUT2D eigenvalue weighted by molar-refractivity contribution is 8.77. The van der Waals surface area contributed by atoms with Gasteiger partial charge in [0.25, 0.3) is 11.8 Å². The summed E-state index contributed by atoms with van der Waals surface area (Å²) in [5, 5.41) is 6.79. The van der Waals surface area contributed by atoms with E-state index in [-0.39, 0.29) is 47.8 Å². The molecule has 5 aliphatic rings. The third kappa shape index (κ3) is 14.9. The lowest BCUT2D eigenvalue weighted by Gasteiger charge is -2.34. The highest BCUT2D eigenvalue weighted by atomic mass is 33.1. The van der Waals surface area contributed by atoms with Crippen molar-refractivity contribution in [2.75, 3.05) is 106 Å². The number of carbonyl (C=O) groups excluding carboxylic acids is 3. The van der Waals surface area contributed by atoms with E-state index < -0.39 is 0 Å². The molecule has 0 bridgehead atoms. The molecule has 4 aliphatic heterocycles. The Hall–Kier alpha value is -6.44. The predicted molar refractivity (Wildman–Crippen MR) is 333 cm³/mol. The van der Waals surface area contributed by atoms with Gasteiger partial charge in [-0.2, -0.15) is 0 Å². The van der Waals surface area contributed by atoms with Gasteiger partial charge in [0, 0.05) is 92.0 Å². The largest absolute Gasteiger partial charge is 0.493 e. The molecule has 2 N–H and O–H groups in total. The quantitative estimate of drug-likeness (QED) is 0.0276. The molecule has 5 aromatic rings. The standard InChI is InChI=1S/C65H80N6O10S2/c1-65(2,83-82-28-14-21-62(72)68-38-44-15-8-6-7-9-16-44)43-69(22-23-78-26-27-79-25-24-75-3)49-30-45(41-80-60-36-54-52(34-58(60)76-4)63(73)70-50(39-66-54)32-47-17-10-12-19-56(47)70)29-46(31-49)42-81-61-37-55-53(35-59(61)77-5)64(74)71-51(40-67-55)33-48-18-11-13-20-57(48)71/h10-13,17-20,29-31,34-37,39,44,50-51,67H,6-9,14-16,21-28,32-33,38,40-43H2,1-5H3,(H,68,72)/t50-,51-/m0/s1. The van der Waals surface area contributed by atoms with Gasteiger partial charge in [0.2, 0.25) is 5.91 Å². The van der Waals surface area contributed by atoms with Gasteiger partial charge in [-0.05, 0) is 110 Å². The summed E-state index contributed by atoms with van der Waals surface area (Å²) in [5.74, 6) is 3.19. The predicted octanol–water partition coefficient (Wildman–Crippen LogP) is 11.7. The van der Waals surface area contributed by atoms with Crippen LogP contribution in [0.4, 0.5) is 28.4 Å². The maximum atomic E-state index is 14.3. The van der Waals surface area contributed by atoms with Crippen molar-refractivity contribution in [3.05, 3.63) is 124 Å². The number of nitrogens with one attached hydrogen (secondary N) is 2. The summed E-state index contributed by atoms with van der Waals surface area (Å²) in [6, 6.07) is 29.4. The van der Waals surface area contributed by atoms with Gasteiger partial charge in [-0.3, -0.25) is 24.3 Å². The Morgan fingerprint density at radius 2 is 1.37 bits per heavy atom. The molecule has 2 atom stereocenters. The second kappa shape index (κ2) is 28.4. The summed E-state index contributed by atoms with van der Waals surface area (Å²) >= 11 is 0. The molecule has 1 aliphatic carbocycles. The molecule has 0 spiro atoms. The number of anilines is 4. The number of carbonyl (C=O) groups is 3. The van der Waals surface area contributed by atoms with Gasteiger partial charge in [-0.25, -0.2) is 0 Å². The molecular weight excluding hydrogens is 1090 g/mol. The number of amides is 3. The Morgan fingerprint density at radius 3 is 2.08 bits per heavy atom. The second-order valence-corrected chi connectivity index (χ2v) is 25.7. The zero-order chi connectivity index (χ0) is 57.7. The van der Waals surface area contributed by atoms with E-state index in [0.717, 1.165) is 64.5 Å². The van der Waals surface area contributed by atoms with Crippen LogP contribution >= 0.6 is 21.6 Å². The molecule has 3 amide bonds. The Balaban J connectivity index is 0.894. The van der Waals surface area contributed by atoms with Crippen molar-refractivity contribution < 1.29 is 47.5 Å². The van der Waals surface area contributed by atoms with Crippen LogP contribution in [0.15, 0.2) is 96.0 Å². The van der Waals surface area contributed by atoms with E-state index in [2.05, 4.69) is 59.7 Å². The minimum atomic E-state index is -0.236. The van der Waals surface area contributed by atoms with E-state index >= 15 is 0 Å². The summed E-state index contributed by atoms with van der Waals surface area (Å²) in [4.78, 5) is 52.4. The number of ether oxygens (including phenoxy) is 7. The lowest BCUT2D eigenvalue weighted by molar-refractivity contribution is -0.121. The molecule has 0 aromatic heterocycles. The van der Waals surface area contributed by atoms with Crippen molar-refractivity contribution in [1.29, 1.82) is 0 Å². The molecule has 0 unspecified atom stereocenters. The summed E-state index contributed by atoms with van der Waals surface area (Å²) < 4.78 is 42.1. The molecule has 83 heavy (non-hydrogen) atoms. The van der Waals surface area contributed by atoms with Gasteiger partial charge in [0.15, 0.2) is 23.0 Å². The van der Waals surface area contributed by atoms with E-state index in [0.29, 0.717) is 117 Å². The zero-order valence-corrected chi connectivity index (χ0v) is 50.3. The zero-order valence-electron chi connectivity index (χ0n) is 48.7. The molecule has 442 valence electrons. The number of methoxy groups -OCH3 is 3. The van der Waals surface area contributed by atoms with Crippen molar-refractivity contribution in [1.82, 2.24) is 5.32 Å². The van der Waals surface area contributed by atoms with Gasteiger partial charge >= 0.3 is 0 Å². The number of fused-ring (bicyclic) bond motifs is 8. The van der Waals surface area contributed by atoms with Gasteiger partial charge in [-0.1, -0.05) is 83.7 Å². The van der Waals surface area contributed by atoms with Crippen molar-refractivity contribution in [3.8, 4) is 23.0 Å². The molecular formula is C65H80N6O10S2. The highest BCUT2D eigenvalue weighted by Crippen LogP contribution is 2.44. The van der Waals surface area contributed by atoms with E-state index in [1.165, 1.54) is 38.5 Å². The molecule has 5 aromatic carbocycles. The summed E-state index contributed by atoms with van der Waals surface area (Å²) in [6.07, 6.45) is 12.2. The Bertz CT molecular complexity index is 3100. The number of rotatable bonds is 28. The van der Waals surface area contributed by atoms with E-state index in [4.69, 9.17) is 38.2 Å². The monoisotopic (exact) mass is 1170 g/mol. The van der Waals surface area contributed by atoms with Crippen molar-refractivity contribution in [2.24, 2.45) is 10.9 Å². The summed E-state index contributed by atoms with van der Waals surface area (Å²) in [6.45, 7) is 9.79. The smallest absolute Gasteiger partial charge is 0.261 e. The van der Waals surface area contributed by atoms with Crippen LogP contribution in [0, 0.1) is 5.92 Å². The molecule has 18 heteroatoms. The Labute approximate surface area is 497 Å². The first kappa shape index (κ1) is 59.7. The van der Waals surface area contributed by atoms with Gasteiger partial charge in [0.1, 0.15) is 13.2 Å². The van der Waals surface area contributed by atoms with Crippen LogP contribution in [-0.4, -0.2) is 127 Å². The van der Waals surface area contributed by atoms with Crippen LogP contribution < -0.4 is 44.3 Å². The third-order valence-electron chi connectivity index (χ3n) is 16.0. The van der Waals surface area contributed by atoms with Crippen LogP contribution in [0.25, 0.3) is 0 Å². The molecule has 10 rings (SSSR count). The van der Waals surface area contributed by atoms with Gasteiger partial charge in [0.05, 0.1) is 81.8 Å². The van der Waals surface area contributed by atoms with Crippen LogP contribution in [0.5, 0.6) is 23.0 Å². The third-order valence-corrected chi connectivity index (χ3v) is 19.4. The normalized spacial score (nSPS) is 17.2. The van der Waals surface area contributed by atoms with Crippen molar-refractivity contribution in [3.63, 3.8) is 0 Å². The lowest BCUT2D eigenvalue weighted by atomic mass is 10.0. The minimum absolute atomic E-state index is 0.0224. The average Bonchev–Trinajstić information content (AvgIpc) is 2.55. The first-order valence-corrected chi connectivity index (χ1v) is 31.7. The molecule has 0 radical (unpaired) electrons. The number of hydrogen-bond donors (Lipinski definition) is 2.